The van der Waals surface area contributed by atoms with Crippen LogP contribution in [-0.4, -0.2) is 16.2 Å². The summed E-state index contributed by atoms with van der Waals surface area (Å²) in [5.41, 5.74) is -0.508. The van der Waals surface area contributed by atoms with Crippen LogP contribution in [-0.2, 0) is 6.54 Å². The third-order valence-corrected chi connectivity index (χ3v) is 2.82. The molecule has 0 amide bonds. The highest BCUT2D eigenvalue weighted by molar-refractivity contribution is 5.54. The van der Waals surface area contributed by atoms with Gasteiger partial charge in [0.1, 0.15) is 23.0 Å². The van der Waals surface area contributed by atoms with Crippen LogP contribution in [0, 0.1) is 17.5 Å². The van der Waals surface area contributed by atoms with Crippen LogP contribution in [0.15, 0.2) is 16.7 Å². The summed E-state index contributed by atoms with van der Waals surface area (Å²) in [7, 11) is 0. The predicted octanol–water partition coefficient (Wildman–Crippen LogP) is 2.41. The Kier molecular flexibility index (Phi) is 2.98. The minimum atomic E-state index is -1.07. The number of halogens is 3. The highest BCUT2D eigenvalue weighted by atomic mass is 19.1. The van der Waals surface area contributed by atoms with Crippen molar-refractivity contribution in [3.63, 3.8) is 0 Å². The van der Waals surface area contributed by atoms with Crippen LogP contribution in [0.1, 0.15) is 18.7 Å². The van der Waals surface area contributed by atoms with E-state index in [0.29, 0.717) is 30.5 Å². The molecule has 2 aromatic rings. The number of hydrogen-bond acceptors (Lipinski definition) is 4. The van der Waals surface area contributed by atoms with E-state index in [1.165, 1.54) is 0 Å². The first kappa shape index (κ1) is 12.2. The Morgan fingerprint density at radius 3 is 2.53 bits per heavy atom. The summed E-state index contributed by atoms with van der Waals surface area (Å²) in [5, 5.41) is 6.76. The van der Waals surface area contributed by atoms with Gasteiger partial charge in [-0.3, -0.25) is 0 Å². The van der Waals surface area contributed by atoms with Gasteiger partial charge >= 0.3 is 0 Å². The van der Waals surface area contributed by atoms with Gasteiger partial charge in [-0.25, -0.2) is 13.2 Å². The van der Waals surface area contributed by atoms with E-state index in [-0.39, 0.29) is 5.89 Å². The molecule has 0 bridgehead atoms. The summed E-state index contributed by atoms with van der Waals surface area (Å²) in [6.07, 6.45) is 2.21. The van der Waals surface area contributed by atoms with E-state index in [2.05, 4.69) is 15.5 Å². The molecule has 0 saturated heterocycles. The predicted molar refractivity (Wildman–Crippen MR) is 59.5 cm³/mol. The van der Waals surface area contributed by atoms with Crippen LogP contribution in [0.25, 0.3) is 11.5 Å². The number of nitrogens with zero attached hydrogens (tertiary/aromatic N) is 2. The Labute approximate surface area is 106 Å². The number of nitrogens with one attached hydrogen (secondary N) is 1. The molecule has 7 heteroatoms. The highest BCUT2D eigenvalue weighted by Crippen LogP contribution is 2.25. The van der Waals surface area contributed by atoms with Crippen molar-refractivity contribution in [1.29, 1.82) is 0 Å². The zero-order valence-electron chi connectivity index (χ0n) is 9.79. The molecule has 1 fully saturated rings. The van der Waals surface area contributed by atoms with E-state index < -0.39 is 23.0 Å². The lowest BCUT2D eigenvalue weighted by Crippen LogP contribution is -2.16. The van der Waals surface area contributed by atoms with Crippen molar-refractivity contribution in [2.24, 2.45) is 0 Å². The van der Waals surface area contributed by atoms with E-state index >= 15 is 0 Å². The van der Waals surface area contributed by atoms with Crippen molar-refractivity contribution in [3.8, 4) is 11.5 Å². The number of benzene rings is 1. The van der Waals surface area contributed by atoms with Crippen molar-refractivity contribution in [1.82, 2.24) is 15.5 Å². The Balaban J connectivity index is 1.85. The second-order valence-corrected chi connectivity index (χ2v) is 4.42. The van der Waals surface area contributed by atoms with Gasteiger partial charge in [-0.15, -0.1) is 0 Å². The van der Waals surface area contributed by atoms with Gasteiger partial charge in [0, 0.05) is 18.2 Å². The third-order valence-electron chi connectivity index (χ3n) is 2.82. The zero-order chi connectivity index (χ0) is 13.4. The Morgan fingerprint density at radius 2 is 1.89 bits per heavy atom. The van der Waals surface area contributed by atoms with Gasteiger partial charge in [-0.2, -0.15) is 4.98 Å². The average molecular weight is 269 g/mol. The molecule has 1 saturated carbocycles. The molecule has 3 rings (SSSR count). The van der Waals surface area contributed by atoms with Gasteiger partial charge in [0.15, 0.2) is 5.82 Å². The van der Waals surface area contributed by atoms with Crippen LogP contribution in [0.2, 0.25) is 0 Å². The van der Waals surface area contributed by atoms with Gasteiger partial charge in [0.05, 0.1) is 6.54 Å². The monoisotopic (exact) mass is 269 g/mol. The van der Waals surface area contributed by atoms with E-state index in [9.17, 15) is 13.2 Å². The second-order valence-electron chi connectivity index (χ2n) is 4.42. The summed E-state index contributed by atoms with van der Waals surface area (Å²) < 4.78 is 44.6. The summed E-state index contributed by atoms with van der Waals surface area (Å²) in [4.78, 5) is 3.89. The van der Waals surface area contributed by atoms with Gasteiger partial charge < -0.3 is 9.84 Å². The molecule has 0 atom stereocenters. The van der Waals surface area contributed by atoms with Crippen molar-refractivity contribution < 1.29 is 17.7 Å². The molecule has 100 valence electrons. The Hall–Kier alpha value is -1.89. The fraction of sp³-hybridized carbons (Fsp3) is 0.333. The quantitative estimate of drug-likeness (QED) is 0.926. The van der Waals surface area contributed by atoms with Gasteiger partial charge in [0.2, 0.25) is 0 Å². The summed E-state index contributed by atoms with van der Waals surface area (Å²) in [6, 6.07) is 1.61. The minimum Gasteiger partial charge on any atom is -0.334 e. The van der Waals surface area contributed by atoms with E-state index in [4.69, 9.17) is 4.52 Å². The maximum atomic E-state index is 13.5. The molecule has 0 aliphatic heterocycles. The van der Waals surface area contributed by atoms with Crippen LogP contribution in [0.4, 0.5) is 13.2 Å². The fourth-order valence-corrected chi connectivity index (χ4v) is 1.70. The standard InChI is InChI=1S/C12H10F3N3O/c13-6-3-8(14)11(9(15)4-6)12-17-10(18-19-12)5-16-7-1-2-7/h3-4,7,16H,1-2,5H2. The molecule has 0 unspecified atom stereocenters. The molecule has 1 aromatic heterocycles. The molecule has 4 nitrogen and oxygen atoms in total. The van der Waals surface area contributed by atoms with Crippen LogP contribution < -0.4 is 5.32 Å². The fourth-order valence-electron chi connectivity index (χ4n) is 1.70. The lowest BCUT2D eigenvalue weighted by molar-refractivity contribution is 0.413. The number of rotatable bonds is 4. The summed E-state index contributed by atoms with van der Waals surface area (Å²) >= 11 is 0. The summed E-state index contributed by atoms with van der Waals surface area (Å²) in [6.45, 7) is 0.374. The lowest BCUT2D eigenvalue weighted by atomic mass is 10.2. The van der Waals surface area contributed by atoms with Crippen molar-refractivity contribution in [2.75, 3.05) is 0 Å². The maximum Gasteiger partial charge on any atom is 0.263 e. The third kappa shape index (κ3) is 2.60. The molecular formula is C12H10F3N3O. The lowest BCUT2D eigenvalue weighted by Gasteiger charge is -1.99. The molecule has 1 aliphatic carbocycles. The minimum absolute atomic E-state index is 0.289. The Bertz CT molecular complexity index is 587. The number of hydrogen-bond donors (Lipinski definition) is 1. The smallest absolute Gasteiger partial charge is 0.263 e. The van der Waals surface area contributed by atoms with Crippen molar-refractivity contribution in [3.05, 3.63) is 35.4 Å². The molecule has 1 N–H and O–H groups in total. The van der Waals surface area contributed by atoms with Crippen LogP contribution in [0.3, 0.4) is 0 Å². The highest BCUT2D eigenvalue weighted by Gasteiger charge is 2.22. The molecule has 0 radical (unpaired) electrons. The Morgan fingerprint density at radius 1 is 1.21 bits per heavy atom. The molecule has 0 spiro atoms. The normalized spacial score (nSPS) is 14.9. The SMILES string of the molecule is Fc1cc(F)c(-c2nc(CNC3CC3)no2)c(F)c1. The van der Waals surface area contributed by atoms with Crippen LogP contribution in [0.5, 0.6) is 0 Å². The molecular weight excluding hydrogens is 259 g/mol. The second kappa shape index (κ2) is 4.65. The van der Waals surface area contributed by atoms with E-state index in [1.54, 1.807) is 0 Å². The molecule has 1 aromatic carbocycles. The number of aromatic nitrogens is 2. The topological polar surface area (TPSA) is 51.0 Å². The van der Waals surface area contributed by atoms with E-state index in [0.717, 1.165) is 12.8 Å². The molecule has 1 heterocycles. The van der Waals surface area contributed by atoms with E-state index in [1.807, 2.05) is 0 Å². The first-order valence-electron chi connectivity index (χ1n) is 5.84. The first-order chi connectivity index (χ1) is 9.13. The first-order valence-corrected chi connectivity index (χ1v) is 5.84. The largest absolute Gasteiger partial charge is 0.334 e. The van der Waals surface area contributed by atoms with Gasteiger partial charge in [0.25, 0.3) is 5.89 Å². The van der Waals surface area contributed by atoms with Crippen molar-refractivity contribution in [2.45, 2.75) is 25.4 Å². The summed E-state index contributed by atoms with van der Waals surface area (Å²) in [5.74, 6) is -3.10. The molecule has 1 aliphatic rings. The van der Waals surface area contributed by atoms with Crippen molar-refractivity contribution >= 4 is 0 Å². The average Bonchev–Trinajstić information content (AvgIpc) is 3.05. The maximum absolute atomic E-state index is 13.5. The van der Waals surface area contributed by atoms with Crippen LogP contribution >= 0.6 is 0 Å². The van der Waals surface area contributed by atoms with Gasteiger partial charge in [-0.05, 0) is 12.8 Å². The molecule has 19 heavy (non-hydrogen) atoms. The zero-order valence-corrected chi connectivity index (χ0v) is 9.79. The van der Waals surface area contributed by atoms with Gasteiger partial charge in [-0.1, -0.05) is 5.16 Å².